The lowest BCUT2D eigenvalue weighted by molar-refractivity contribution is 0.397. The summed E-state index contributed by atoms with van der Waals surface area (Å²) in [5.74, 6) is 0.441. The number of phenolic OH excluding ortho intramolecular Hbond substituents is 1. The maximum absolute atomic E-state index is 9.89. The van der Waals surface area contributed by atoms with E-state index in [4.69, 9.17) is 0 Å². The SMILES string of the molecule is CCC(C)(CC)c1ccc(C)cc1O. The first-order valence-corrected chi connectivity index (χ1v) is 5.33. The molecule has 0 saturated heterocycles. The van der Waals surface area contributed by atoms with Gasteiger partial charge >= 0.3 is 0 Å². The van der Waals surface area contributed by atoms with Gasteiger partial charge in [-0.2, -0.15) is 0 Å². The van der Waals surface area contributed by atoms with E-state index in [1.165, 1.54) is 0 Å². The van der Waals surface area contributed by atoms with Gasteiger partial charge in [0.25, 0.3) is 0 Å². The fourth-order valence-electron chi connectivity index (χ4n) is 1.78. The van der Waals surface area contributed by atoms with E-state index in [2.05, 4.69) is 32.9 Å². The van der Waals surface area contributed by atoms with Gasteiger partial charge in [0.15, 0.2) is 0 Å². The van der Waals surface area contributed by atoms with Crippen LogP contribution in [-0.2, 0) is 5.41 Å². The van der Waals surface area contributed by atoms with E-state index in [0.717, 1.165) is 24.0 Å². The Morgan fingerprint density at radius 2 is 1.79 bits per heavy atom. The summed E-state index contributed by atoms with van der Waals surface area (Å²) in [5.41, 5.74) is 2.30. The van der Waals surface area contributed by atoms with E-state index in [9.17, 15) is 5.11 Å². The molecule has 78 valence electrons. The van der Waals surface area contributed by atoms with Crippen LogP contribution >= 0.6 is 0 Å². The van der Waals surface area contributed by atoms with E-state index in [1.807, 2.05) is 13.0 Å². The summed E-state index contributed by atoms with van der Waals surface area (Å²) in [5, 5.41) is 9.89. The summed E-state index contributed by atoms with van der Waals surface area (Å²) in [6.07, 6.45) is 2.11. The second-order valence-corrected chi connectivity index (χ2v) is 4.29. The zero-order valence-electron chi connectivity index (χ0n) is 9.59. The van der Waals surface area contributed by atoms with E-state index >= 15 is 0 Å². The van der Waals surface area contributed by atoms with E-state index in [-0.39, 0.29) is 5.41 Å². The summed E-state index contributed by atoms with van der Waals surface area (Å²) >= 11 is 0. The zero-order chi connectivity index (χ0) is 10.8. The molecule has 0 spiro atoms. The fraction of sp³-hybridized carbons (Fsp3) is 0.538. The summed E-state index contributed by atoms with van der Waals surface area (Å²) in [6.45, 7) is 8.54. The van der Waals surface area contributed by atoms with Crippen LogP contribution in [0.1, 0.15) is 44.7 Å². The van der Waals surface area contributed by atoms with Crippen LogP contribution in [0.4, 0.5) is 0 Å². The molecule has 0 bridgehead atoms. The first kappa shape index (κ1) is 11.1. The Labute approximate surface area is 86.8 Å². The van der Waals surface area contributed by atoms with Crippen molar-refractivity contribution in [1.82, 2.24) is 0 Å². The van der Waals surface area contributed by atoms with Crippen molar-refractivity contribution in [1.29, 1.82) is 0 Å². The molecule has 0 aromatic heterocycles. The van der Waals surface area contributed by atoms with Crippen molar-refractivity contribution in [3.63, 3.8) is 0 Å². The number of benzene rings is 1. The molecule has 1 nitrogen and oxygen atoms in total. The monoisotopic (exact) mass is 192 g/mol. The third-order valence-electron chi connectivity index (χ3n) is 3.36. The van der Waals surface area contributed by atoms with Crippen molar-refractivity contribution in [3.8, 4) is 5.75 Å². The first-order chi connectivity index (χ1) is 6.53. The van der Waals surface area contributed by atoms with Gasteiger partial charge in [-0.15, -0.1) is 0 Å². The number of aromatic hydroxyl groups is 1. The van der Waals surface area contributed by atoms with Crippen LogP contribution in [-0.4, -0.2) is 5.11 Å². The molecule has 1 aromatic carbocycles. The van der Waals surface area contributed by atoms with Gasteiger partial charge in [0.05, 0.1) is 0 Å². The van der Waals surface area contributed by atoms with Gasteiger partial charge in [-0.05, 0) is 42.4 Å². The average Bonchev–Trinajstić information content (AvgIpc) is 2.17. The molecule has 1 rings (SSSR count). The number of aryl methyl sites for hydroxylation is 1. The quantitative estimate of drug-likeness (QED) is 0.772. The third-order valence-corrected chi connectivity index (χ3v) is 3.36. The van der Waals surface area contributed by atoms with Crippen LogP contribution in [0.15, 0.2) is 18.2 Å². The molecule has 0 heterocycles. The predicted octanol–water partition coefficient (Wildman–Crippen LogP) is 3.78. The van der Waals surface area contributed by atoms with Crippen LogP contribution in [0.3, 0.4) is 0 Å². The first-order valence-electron chi connectivity index (χ1n) is 5.33. The van der Waals surface area contributed by atoms with Crippen LogP contribution < -0.4 is 0 Å². The maximum atomic E-state index is 9.89. The standard InChI is InChI=1S/C13H20O/c1-5-13(4,6-2)11-8-7-10(3)9-12(11)14/h7-9,14H,5-6H2,1-4H3. The number of hydrogen-bond donors (Lipinski definition) is 1. The molecule has 0 atom stereocenters. The van der Waals surface area contributed by atoms with Crippen LogP contribution in [0.5, 0.6) is 5.75 Å². The molecule has 1 heteroatoms. The average molecular weight is 192 g/mol. The van der Waals surface area contributed by atoms with Gasteiger partial charge in [-0.1, -0.05) is 32.9 Å². The Morgan fingerprint density at radius 3 is 2.21 bits per heavy atom. The van der Waals surface area contributed by atoms with Crippen LogP contribution in [0.25, 0.3) is 0 Å². The van der Waals surface area contributed by atoms with Gasteiger partial charge in [0, 0.05) is 0 Å². The van der Waals surface area contributed by atoms with Crippen LogP contribution in [0, 0.1) is 6.92 Å². The molecule has 0 fully saturated rings. The number of rotatable bonds is 3. The largest absolute Gasteiger partial charge is 0.508 e. The highest BCUT2D eigenvalue weighted by molar-refractivity contribution is 5.40. The van der Waals surface area contributed by atoms with E-state index in [1.54, 1.807) is 0 Å². The lowest BCUT2D eigenvalue weighted by Gasteiger charge is -2.28. The second kappa shape index (κ2) is 4.04. The molecule has 1 N–H and O–H groups in total. The minimum atomic E-state index is 0.109. The lowest BCUT2D eigenvalue weighted by Crippen LogP contribution is -2.19. The Balaban J connectivity index is 3.17. The number of phenols is 1. The molecule has 14 heavy (non-hydrogen) atoms. The van der Waals surface area contributed by atoms with Crippen LogP contribution in [0.2, 0.25) is 0 Å². The Kier molecular flexibility index (Phi) is 3.20. The molecular formula is C13H20O. The second-order valence-electron chi connectivity index (χ2n) is 4.29. The van der Waals surface area contributed by atoms with Gasteiger partial charge in [0.1, 0.15) is 5.75 Å². The smallest absolute Gasteiger partial charge is 0.119 e. The fourth-order valence-corrected chi connectivity index (χ4v) is 1.78. The summed E-state index contributed by atoms with van der Waals surface area (Å²) in [4.78, 5) is 0. The van der Waals surface area contributed by atoms with Gasteiger partial charge < -0.3 is 5.11 Å². The molecule has 1 aromatic rings. The molecule has 0 aliphatic carbocycles. The topological polar surface area (TPSA) is 20.2 Å². The minimum Gasteiger partial charge on any atom is -0.508 e. The van der Waals surface area contributed by atoms with Crippen molar-refractivity contribution in [2.75, 3.05) is 0 Å². The Morgan fingerprint density at radius 1 is 1.21 bits per heavy atom. The van der Waals surface area contributed by atoms with E-state index < -0.39 is 0 Å². The summed E-state index contributed by atoms with van der Waals surface area (Å²) < 4.78 is 0. The molecule has 0 radical (unpaired) electrons. The van der Waals surface area contributed by atoms with Crippen molar-refractivity contribution < 1.29 is 5.11 Å². The van der Waals surface area contributed by atoms with Crippen molar-refractivity contribution in [3.05, 3.63) is 29.3 Å². The molecule has 0 saturated carbocycles. The lowest BCUT2D eigenvalue weighted by atomic mass is 9.77. The molecule has 0 aliphatic rings. The minimum absolute atomic E-state index is 0.109. The molecule has 0 aliphatic heterocycles. The number of hydrogen-bond acceptors (Lipinski definition) is 1. The van der Waals surface area contributed by atoms with E-state index in [0.29, 0.717) is 5.75 Å². The molecule has 0 unspecified atom stereocenters. The Bertz CT molecular complexity index is 311. The summed E-state index contributed by atoms with van der Waals surface area (Å²) in [7, 11) is 0. The molecule has 0 amide bonds. The van der Waals surface area contributed by atoms with Crippen molar-refractivity contribution in [2.45, 2.75) is 46.0 Å². The highest BCUT2D eigenvalue weighted by Crippen LogP contribution is 2.36. The normalized spacial score (nSPS) is 11.7. The predicted molar refractivity (Wildman–Crippen MR) is 60.8 cm³/mol. The van der Waals surface area contributed by atoms with Gasteiger partial charge in [-0.25, -0.2) is 0 Å². The summed E-state index contributed by atoms with van der Waals surface area (Å²) in [6, 6.07) is 5.97. The maximum Gasteiger partial charge on any atom is 0.119 e. The Hall–Kier alpha value is -0.980. The highest BCUT2D eigenvalue weighted by Gasteiger charge is 2.24. The molecular weight excluding hydrogens is 172 g/mol. The van der Waals surface area contributed by atoms with Crippen molar-refractivity contribution >= 4 is 0 Å². The van der Waals surface area contributed by atoms with Crippen molar-refractivity contribution in [2.24, 2.45) is 0 Å². The zero-order valence-corrected chi connectivity index (χ0v) is 9.59. The highest BCUT2D eigenvalue weighted by atomic mass is 16.3. The third kappa shape index (κ3) is 1.92. The van der Waals surface area contributed by atoms with Gasteiger partial charge in [0.2, 0.25) is 0 Å². The van der Waals surface area contributed by atoms with Gasteiger partial charge in [-0.3, -0.25) is 0 Å².